The first-order chi connectivity index (χ1) is 8.07. The Balaban J connectivity index is 3.51. The molecule has 98 valence electrons. The molecule has 0 aliphatic rings. The summed E-state index contributed by atoms with van der Waals surface area (Å²) in [5, 5.41) is 4.76. The number of ether oxygens (including phenoxy) is 1. The average Bonchev–Trinajstić information content (AvgIpc) is 2.30. The molecule has 0 unspecified atom stereocenters. The van der Waals surface area contributed by atoms with Gasteiger partial charge in [-0.3, -0.25) is 9.59 Å². The number of hydrogen-bond acceptors (Lipinski definition) is 4. The molecule has 0 aliphatic heterocycles. The van der Waals surface area contributed by atoms with E-state index in [1.807, 2.05) is 6.92 Å². The van der Waals surface area contributed by atoms with Crippen molar-refractivity contribution in [2.24, 2.45) is 5.73 Å². The molecule has 4 N–H and O–H groups in total. The highest BCUT2D eigenvalue weighted by atomic mass is 32.1. The Morgan fingerprint density at radius 1 is 1.24 bits per heavy atom. The van der Waals surface area contributed by atoms with Crippen LogP contribution in [0.3, 0.4) is 0 Å². The van der Waals surface area contributed by atoms with Gasteiger partial charge in [0.15, 0.2) is 0 Å². The summed E-state index contributed by atoms with van der Waals surface area (Å²) in [7, 11) is 0. The molecule has 2 amide bonds. The largest absolute Gasteiger partial charge is 0.392 e. The van der Waals surface area contributed by atoms with Crippen LogP contribution < -0.4 is 16.4 Å². The van der Waals surface area contributed by atoms with Crippen LogP contribution in [0.5, 0.6) is 0 Å². The summed E-state index contributed by atoms with van der Waals surface area (Å²) in [6.07, 6.45) is 1.64. The highest BCUT2D eigenvalue weighted by Gasteiger charge is 2.11. The van der Waals surface area contributed by atoms with Crippen molar-refractivity contribution in [3.8, 4) is 0 Å². The smallest absolute Gasteiger partial charge is 0.309 e. The number of carbonyl (C=O) groups excluding carboxylic acids is 2. The Kier molecular flexibility index (Phi) is 9.27. The minimum Gasteiger partial charge on any atom is -0.392 e. The van der Waals surface area contributed by atoms with Gasteiger partial charge in [-0.25, -0.2) is 0 Å². The number of nitrogens with two attached hydrogens (primary N) is 1. The van der Waals surface area contributed by atoms with Gasteiger partial charge in [-0.15, -0.1) is 0 Å². The lowest BCUT2D eigenvalue weighted by Crippen LogP contribution is -2.43. The lowest BCUT2D eigenvalue weighted by Gasteiger charge is -2.06. The van der Waals surface area contributed by atoms with Crippen LogP contribution in [-0.4, -0.2) is 43.1 Å². The van der Waals surface area contributed by atoms with E-state index in [9.17, 15) is 9.59 Å². The number of nitrogens with one attached hydrogen (secondary N) is 2. The molecule has 0 saturated carbocycles. The van der Waals surface area contributed by atoms with Gasteiger partial charge in [-0.2, -0.15) is 0 Å². The van der Waals surface area contributed by atoms with Gasteiger partial charge in [0, 0.05) is 19.8 Å². The molecular weight excluding hydrogens is 242 g/mol. The van der Waals surface area contributed by atoms with Gasteiger partial charge in [0.1, 0.15) is 0 Å². The normalized spacial score (nSPS) is 9.71. The first-order valence-corrected chi connectivity index (χ1v) is 5.90. The average molecular weight is 261 g/mol. The first kappa shape index (κ1) is 15.8. The van der Waals surface area contributed by atoms with Crippen molar-refractivity contribution in [2.75, 3.05) is 26.3 Å². The molecule has 6 nitrogen and oxygen atoms in total. The second-order valence-corrected chi connectivity index (χ2v) is 3.90. The van der Waals surface area contributed by atoms with E-state index in [0.29, 0.717) is 26.2 Å². The second kappa shape index (κ2) is 9.98. The maximum atomic E-state index is 11.2. The zero-order valence-corrected chi connectivity index (χ0v) is 10.8. The zero-order chi connectivity index (χ0) is 13.1. The van der Waals surface area contributed by atoms with E-state index in [-0.39, 0.29) is 11.5 Å². The van der Waals surface area contributed by atoms with Crippen LogP contribution >= 0.6 is 12.2 Å². The first-order valence-electron chi connectivity index (χ1n) is 5.50. The van der Waals surface area contributed by atoms with Gasteiger partial charge < -0.3 is 21.1 Å². The second-order valence-electron chi connectivity index (χ2n) is 3.37. The predicted octanol–water partition coefficient (Wildman–Crippen LogP) is -0.678. The number of thiocarbonyl (C=S) groups is 1. The van der Waals surface area contributed by atoms with Gasteiger partial charge in [-0.05, 0) is 12.8 Å². The quantitative estimate of drug-likeness (QED) is 0.306. The van der Waals surface area contributed by atoms with Crippen molar-refractivity contribution in [2.45, 2.75) is 19.8 Å². The van der Waals surface area contributed by atoms with Crippen molar-refractivity contribution in [3.05, 3.63) is 0 Å². The van der Waals surface area contributed by atoms with Crippen LogP contribution in [0.15, 0.2) is 0 Å². The molecule has 0 aromatic rings. The van der Waals surface area contributed by atoms with E-state index >= 15 is 0 Å². The Morgan fingerprint density at radius 2 is 1.88 bits per heavy atom. The van der Waals surface area contributed by atoms with E-state index in [4.69, 9.17) is 10.5 Å². The summed E-state index contributed by atoms with van der Waals surface area (Å²) in [5.41, 5.74) is 5.18. The molecule has 17 heavy (non-hydrogen) atoms. The van der Waals surface area contributed by atoms with E-state index in [1.54, 1.807) is 0 Å². The summed E-state index contributed by atoms with van der Waals surface area (Å²) in [6.45, 7) is 3.74. The molecule has 0 aromatic heterocycles. The molecule has 0 heterocycles. The molecule has 0 bridgehead atoms. The highest BCUT2D eigenvalue weighted by Crippen LogP contribution is 1.84. The monoisotopic (exact) mass is 261 g/mol. The van der Waals surface area contributed by atoms with E-state index in [1.165, 1.54) is 0 Å². The maximum absolute atomic E-state index is 11.2. The molecule has 0 atom stereocenters. The number of hydrogen-bond donors (Lipinski definition) is 3. The van der Waals surface area contributed by atoms with Crippen LogP contribution in [-0.2, 0) is 14.3 Å². The molecule has 0 aliphatic carbocycles. The van der Waals surface area contributed by atoms with Crippen molar-refractivity contribution < 1.29 is 14.3 Å². The molecule has 0 saturated heterocycles. The lowest BCUT2D eigenvalue weighted by atomic mass is 10.4. The summed E-state index contributed by atoms with van der Waals surface area (Å²) in [5.74, 6) is -1.41. The number of rotatable bonds is 8. The fourth-order valence-corrected chi connectivity index (χ4v) is 1.02. The Bertz CT molecular complexity index is 272. The standard InChI is InChI=1S/C10H19N3O3S/c1-2-5-16-6-3-4-12-9(14)10(15)13-7-8(11)17/h2-7H2,1H3,(H2,11,17)(H,12,14)(H,13,15). The Labute approximate surface area is 106 Å². The Morgan fingerprint density at radius 3 is 2.47 bits per heavy atom. The van der Waals surface area contributed by atoms with Crippen LogP contribution in [0.1, 0.15) is 19.8 Å². The zero-order valence-electron chi connectivity index (χ0n) is 9.95. The molecular formula is C10H19N3O3S. The SMILES string of the molecule is CCCOCCCNC(=O)C(=O)NCC(N)=S. The Hall–Kier alpha value is -1.21. The maximum Gasteiger partial charge on any atom is 0.309 e. The minimum atomic E-state index is -0.729. The van der Waals surface area contributed by atoms with Crippen LogP contribution in [0.2, 0.25) is 0 Å². The van der Waals surface area contributed by atoms with Crippen molar-refractivity contribution in [1.82, 2.24) is 10.6 Å². The lowest BCUT2D eigenvalue weighted by molar-refractivity contribution is -0.139. The van der Waals surface area contributed by atoms with Gasteiger partial charge in [0.2, 0.25) is 0 Å². The third kappa shape index (κ3) is 9.70. The fourth-order valence-electron chi connectivity index (χ4n) is 0.951. The topological polar surface area (TPSA) is 93.4 Å². The van der Waals surface area contributed by atoms with Crippen molar-refractivity contribution >= 4 is 29.0 Å². The van der Waals surface area contributed by atoms with Crippen LogP contribution in [0.25, 0.3) is 0 Å². The van der Waals surface area contributed by atoms with Crippen molar-refractivity contribution in [1.29, 1.82) is 0 Å². The summed E-state index contributed by atoms with van der Waals surface area (Å²) >= 11 is 4.56. The highest BCUT2D eigenvalue weighted by molar-refractivity contribution is 7.80. The minimum absolute atomic E-state index is 0.0290. The van der Waals surface area contributed by atoms with Crippen LogP contribution in [0.4, 0.5) is 0 Å². The number of amides is 2. The van der Waals surface area contributed by atoms with Gasteiger partial charge >= 0.3 is 11.8 Å². The van der Waals surface area contributed by atoms with Gasteiger partial charge in [0.05, 0.1) is 11.5 Å². The van der Waals surface area contributed by atoms with E-state index in [0.717, 1.165) is 6.42 Å². The van der Waals surface area contributed by atoms with Crippen molar-refractivity contribution in [3.63, 3.8) is 0 Å². The van der Waals surface area contributed by atoms with Gasteiger partial charge in [-0.1, -0.05) is 19.1 Å². The van der Waals surface area contributed by atoms with Gasteiger partial charge in [0.25, 0.3) is 0 Å². The predicted molar refractivity (Wildman–Crippen MR) is 68.5 cm³/mol. The van der Waals surface area contributed by atoms with E-state index in [2.05, 4.69) is 22.9 Å². The third-order valence-electron chi connectivity index (χ3n) is 1.73. The van der Waals surface area contributed by atoms with Crippen LogP contribution in [0, 0.1) is 0 Å². The summed E-state index contributed by atoms with van der Waals surface area (Å²) in [4.78, 5) is 22.5. The molecule has 0 rings (SSSR count). The molecule has 0 fully saturated rings. The molecule has 0 spiro atoms. The summed E-state index contributed by atoms with van der Waals surface area (Å²) < 4.78 is 5.22. The number of carbonyl (C=O) groups is 2. The molecule has 7 heteroatoms. The molecule has 0 radical (unpaired) electrons. The fraction of sp³-hybridized carbons (Fsp3) is 0.700. The molecule has 0 aromatic carbocycles. The third-order valence-corrected chi connectivity index (χ3v) is 1.87. The summed E-state index contributed by atoms with van der Waals surface area (Å²) in [6, 6.07) is 0. The van der Waals surface area contributed by atoms with E-state index < -0.39 is 11.8 Å².